The molecule has 1 aromatic heterocycles. The number of rotatable bonds is 6. The summed E-state index contributed by atoms with van der Waals surface area (Å²) in [5, 5.41) is 2.94. The molecule has 2 atom stereocenters. The van der Waals surface area contributed by atoms with E-state index in [1.54, 1.807) is 24.4 Å². The lowest BCUT2D eigenvalue weighted by Gasteiger charge is -2.50. The van der Waals surface area contributed by atoms with Crippen LogP contribution >= 0.6 is 0 Å². The van der Waals surface area contributed by atoms with Gasteiger partial charge in [-0.2, -0.15) is 13.2 Å². The molecule has 3 aromatic rings. The Kier molecular flexibility index (Phi) is 7.55. The number of nitrogens with zero attached hydrogens (tertiary/aromatic N) is 2. The summed E-state index contributed by atoms with van der Waals surface area (Å²) in [6.45, 7) is 0.462. The van der Waals surface area contributed by atoms with Gasteiger partial charge in [0.2, 0.25) is 11.8 Å². The van der Waals surface area contributed by atoms with Gasteiger partial charge in [-0.05, 0) is 30.4 Å². The Morgan fingerprint density at radius 2 is 1.68 bits per heavy atom. The number of benzene rings is 2. The van der Waals surface area contributed by atoms with Crippen molar-refractivity contribution < 1.29 is 32.2 Å². The Morgan fingerprint density at radius 1 is 1.00 bits per heavy atom. The number of pyridine rings is 1. The van der Waals surface area contributed by atoms with Crippen LogP contribution in [0.25, 0.3) is 0 Å². The van der Waals surface area contributed by atoms with Gasteiger partial charge in [-0.15, -0.1) is 0 Å². The van der Waals surface area contributed by atoms with Gasteiger partial charge in [0, 0.05) is 62.5 Å². The number of hydrogen-bond acceptors (Lipinski definition) is 5. The molecule has 10 heteroatoms. The van der Waals surface area contributed by atoms with E-state index in [-0.39, 0.29) is 36.9 Å². The molecular weight excluding hydrogens is 523 g/mol. The molecule has 2 aromatic carbocycles. The van der Waals surface area contributed by atoms with E-state index >= 15 is 0 Å². The SMILES string of the molecule is CO[C@@](C(=O)N1CCC2(CC1)CC(=O)NCC2c1ccccc1Oc1ccccn1)(c1ccccc1)C(F)(F)F. The summed E-state index contributed by atoms with van der Waals surface area (Å²) in [4.78, 5) is 31.7. The number of likely N-dealkylation sites (tertiary alicyclic amines) is 1. The third-order valence-electron chi connectivity index (χ3n) is 8.14. The standard InChI is InChI=1S/C30H30F3N3O4/c1-39-29(30(31,32)33,21-9-3-2-4-10-21)27(38)36-17-14-28(15-18-36)19-25(37)35-20-23(28)22-11-5-6-12-24(22)40-26-13-7-8-16-34-26/h2-13,16,23H,14-15,17-20H2,1H3,(H,35,37)/t23?,29-/m1/s1. The van der Waals surface area contributed by atoms with Crippen LogP contribution in [0.5, 0.6) is 11.6 Å². The Balaban J connectivity index is 1.43. The number of carbonyl (C=O) groups excluding carboxylic acids is 2. The summed E-state index contributed by atoms with van der Waals surface area (Å²) in [7, 11) is 0.907. The van der Waals surface area contributed by atoms with Gasteiger partial charge in [0.05, 0.1) is 0 Å². The minimum Gasteiger partial charge on any atom is -0.439 e. The molecule has 5 rings (SSSR count). The third-order valence-corrected chi connectivity index (χ3v) is 8.14. The number of carbonyl (C=O) groups is 2. The zero-order chi connectivity index (χ0) is 28.4. The molecular formula is C30H30F3N3O4. The van der Waals surface area contributed by atoms with Gasteiger partial charge in [0.25, 0.3) is 11.5 Å². The highest BCUT2D eigenvalue weighted by Crippen LogP contribution is 2.52. The molecule has 2 amide bonds. The summed E-state index contributed by atoms with van der Waals surface area (Å²) in [5.74, 6) is -0.427. The Labute approximate surface area is 230 Å². The van der Waals surface area contributed by atoms with Gasteiger partial charge in [0.1, 0.15) is 5.75 Å². The van der Waals surface area contributed by atoms with Crippen molar-refractivity contribution in [1.82, 2.24) is 15.2 Å². The van der Waals surface area contributed by atoms with Gasteiger partial charge >= 0.3 is 6.18 Å². The fraction of sp³-hybridized carbons (Fsp3) is 0.367. The highest BCUT2D eigenvalue weighted by molar-refractivity contribution is 5.88. The number of methoxy groups -OCH3 is 1. The molecule has 210 valence electrons. The smallest absolute Gasteiger partial charge is 0.430 e. The van der Waals surface area contributed by atoms with Gasteiger partial charge in [0.15, 0.2) is 0 Å². The normalized spacial score (nSPS) is 20.4. The van der Waals surface area contributed by atoms with E-state index in [1.807, 2.05) is 30.3 Å². The summed E-state index contributed by atoms with van der Waals surface area (Å²) in [6.07, 6.45) is -2.46. The number of halogens is 3. The van der Waals surface area contributed by atoms with E-state index in [4.69, 9.17) is 9.47 Å². The second-order valence-corrected chi connectivity index (χ2v) is 10.2. The van der Waals surface area contributed by atoms with Crippen molar-refractivity contribution in [3.8, 4) is 11.6 Å². The Bertz CT molecular complexity index is 1350. The fourth-order valence-corrected chi connectivity index (χ4v) is 6.06. The molecule has 40 heavy (non-hydrogen) atoms. The average Bonchev–Trinajstić information content (AvgIpc) is 2.95. The molecule has 0 bridgehead atoms. The molecule has 1 spiro atoms. The predicted octanol–water partition coefficient (Wildman–Crippen LogP) is 5.19. The van der Waals surface area contributed by atoms with E-state index in [0.29, 0.717) is 31.0 Å². The second kappa shape index (κ2) is 10.9. The molecule has 0 aliphatic carbocycles. The number of ether oxygens (including phenoxy) is 2. The van der Waals surface area contributed by atoms with Crippen LogP contribution in [-0.4, -0.2) is 54.6 Å². The number of hydrogen-bond donors (Lipinski definition) is 1. The van der Waals surface area contributed by atoms with Gasteiger partial charge < -0.3 is 19.7 Å². The number of nitrogens with one attached hydrogen (secondary N) is 1. The largest absolute Gasteiger partial charge is 0.439 e. The molecule has 1 unspecified atom stereocenters. The molecule has 2 aliphatic heterocycles. The zero-order valence-electron chi connectivity index (χ0n) is 22.0. The molecule has 2 fully saturated rings. The number of alkyl halides is 3. The van der Waals surface area contributed by atoms with Crippen molar-refractivity contribution in [3.05, 3.63) is 90.1 Å². The van der Waals surface area contributed by atoms with Crippen molar-refractivity contribution in [3.63, 3.8) is 0 Å². The van der Waals surface area contributed by atoms with E-state index in [0.717, 1.165) is 12.7 Å². The lowest BCUT2D eigenvalue weighted by Crippen LogP contribution is -2.60. The number of amides is 2. The van der Waals surface area contributed by atoms with Crippen molar-refractivity contribution in [2.75, 3.05) is 26.7 Å². The van der Waals surface area contributed by atoms with Crippen LogP contribution in [0.4, 0.5) is 13.2 Å². The quantitative estimate of drug-likeness (QED) is 0.455. The molecule has 2 saturated heterocycles. The first-order valence-electron chi connectivity index (χ1n) is 13.1. The average molecular weight is 554 g/mol. The van der Waals surface area contributed by atoms with E-state index in [1.165, 1.54) is 29.2 Å². The summed E-state index contributed by atoms with van der Waals surface area (Å²) in [6, 6.07) is 19.8. The molecule has 7 nitrogen and oxygen atoms in total. The number of aromatic nitrogens is 1. The fourth-order valence-electron chi connectivity index (χ4n) is 6.06. The number of para-hydroxylation sites is 1. The van der Waals surface area contributed by atoms with Crippen molar-refractivity contribution in [2.45, 2.75) is 37.0 Å². The van der Waals surface area contributed by atoms with Crippen LogP contribution in [0.3, 0.4) is 0 Å². The maximum absolute atomic E-state index is 14.5. The highest BCUT2D eigenvalue weighted by atomic mass is 19.4. The topological polar surface area (TPSA) is 80.8 Å². The van der Waals surface area contributed by atoms with Crippen LogP contribution in [0.2, 0.25) is 0 Å². The second-order valence-electron chi connectivity index (χ2n) is 10.2. The predicted molar refractivity (Wildman–Crippen MR) is 141 cm³/mol. The van der Waals surface area contributed by atoms with Gasteiger partial charge in [-0.25, -0.2) is 4.98 Å². The third kappa shape index (κ3) is 4.92. The van der Waals surface area contributed by atoms with Gasteiger partial charge in [-0.1, -0.05) is 54.6 Å². The Morgan fingerprint density at radius 3 is 2.33 bits per heavy atom. The van der Waals surface area contributed by atoms with Crippen molar-refractivity contribution >= 4 is 11.8 Å². The molecule has 1 N–H and O–H groups in total. The van der Waals surface area contributed by atoms with Crippen LogP contribution in [0, 0.1) is 5.41 Å². The zero-order valence-corrected chi connectivity index (χ0v) is 22.0. The molecule has 2 aliphatic rings. The maximum atomic E-state index is 14.5. The molecule has 0 saturated carbocycles. The first-order valence-corrected chi connectivity index (χ1v) is 13.1. The number of piperidine rings is 2. The van der Waals surface area contributed by atoms with Gasteiger partial charge in [-0.3, -0.25) is 9.59 Å². The lowest BCUT2D eigenvalue weighted by atomic mass is 9.62. The summed E-state index contributed by atoms with van der Waals surface area (Å²) in [5.41, 5.74) is -3.08. The van der Waals surface area contributed by atoms with E-state index < -0.39 is 23.1 Å². The summed E-state index contributed by atoms with van der Waals surface area (Å²) >= 11 is 0. The summed E-state index contributed by atoms with van der Waals surface area (Å²) < 4.78 is 54.7. The lowest BCUT2D eigenvalue weighted by molar-refractivity contribution is -0.271. The van der Waals surface area contributed by atoms with Crippen LogP contribution < -0.4 is 10.1 Å². The van der Waals surface area contributed by atoms with E-state index in [2.05, 4.69) is 10.3 Å². The van der Waals surface area contributed by atoms with Crippen LogP contribution in [0.15, 0.2) is 79.0 Å². The monoisotopic (exact) mass is 553 g/mol. The minimum atomic E-state index is -4.98. The Hall–Kier alpha value is -3.92. The molecule has 0 radical (unpaired) electrons. The van der Waals surface area contributed by atoms with Crippen LogP contribution in [0.1, 0.15) is 36.3 Å². The first-order chi connectivity index (χ1) is 19.2. The maximum Gasteiger partial charge on any atom is 0.430 e. The first kappa shape index (κ1) is 27.6. The van der Waals surface area contributed by atoms with Crippen LogP contribution in [-0.2, 0) is 19.9 Å². The highest BCUT2D eigenvalue weighted by Gasteiger charge is 2.64. The minimum absolute atomic E-state index is 0.0555. The van der Waals surface area contributed by atoms with E-state index in [9.17, 15) is 22.8 Å². The van der Waals surface area contributed by atoms with Crippen molar-refractivity contribution in [1.29, 1.82) is 0 Å². The molecule has 3 heterocycles. The van der Waals surface area contributed by atoms with Crippen molar-refractivity contribution in [2.24, 2.45) is 5.41 Å².